The zero-order valence-corrected chi connectivity index (χ0v) is 16.1. The van der Waals surface area contributed by atoms with Gasteiger partial charge in [0.15, 0.2) is 0 Å². The van der Waals surface area contributed by atoms with Crippen LogP contribution in [0, 0.1) is 5.82 Å². The van der Waals surface area contributed by atoms with Gasteiger partial charge in [-0.1, -0.05) is 30.3 Å². The van der Waals surface area contributed by atoms with Crippen molar-refractivity contribution in [3.05, 3.63) is 74.7 Å². The molecule has 0 unspecified atom stereocenters. The third kappa shape index (κ3) is 3.71. The molecular formula is C21H21FN4O4. The van der Waals surface area contributed by atoms with Crippen molar-refractivity contribution in [3.8, 4) is 0 Å². The van der Waals surface area contributed by atoms with Crippen LogP contribution in [0.1, 0.15) is 11.6 Å². The fraction of sp³-hybridized carbons (Fsp3) is 0.286. The molecule has 8 nitrogen and oxygen atoms in total. The van der Waals surface area contributed by atoms with E-state index in [1.165, 1.54) is 6.07 Å². The summed E-state index contributed by atoms with van der Waals surface area (Å²) in [6.07, 6.45) is -0.0496. The lowest BCUT2D eigenvalue weighted by Gasteiger charge is -2.29. The number of benzene rings is 2. The van der Waals surface area contributed by atoms with Crippen molar-refractivity contribution < 1.29 is 14.3 Å². The Morgan fingerprint density at radius 2 is 1.83 bits per heavy atom. The van der Waals surface area contributed by atoms with E-state index in [9.17, 15) is 23.9 Å². The van der Waals surface area contributed by atoms with Gasteiger partial charge in [-0.2, -0.15) is 0 Å². The zero-order chi connectivity index (χ0) is 21.3. The lowest BCUT2D eigenvalue weighted by molar-refractivity contribution is -0.141. The van der Waals surface area contributed by atoms with Crippen LogP contribution >= 0.6 is 0 Å². The smallest absolute Gasteiger partial charge is 0.329 e. The summed E-state index contributed by atoms with van der Waals surface area (Å²) in [6.45, 7) is 2.61. The van der Waals surface area contributed by atoms with Crippen LogP contribution < -0.4 is 21.5 Å². The number of carboxylic acids is 1. The van der Waals surface area contributed by atoms with Crippen molar-refractivity contribution in [2.24, 2.45) is 0 Å². The first-order valence-electron chi connectivity index (χ1n) is 9.66. The third-order valence-corrected chi connectivity index (χ3v) is 5.32. The molecule has 30 heavy (non-hydrogen) atoms. The molecule has 2 aromatic carbocycles. The van der Waals surface area contributed by atoms with E-state index < -0.39 is 29.1 Å². The highest BCUT2D eigenvalue weighted by Crippen LogP contribution is 2.24. The highest BCUT2D eigenvalue weighted by atomic mass is 19.1. The monoisotopic (exact) mass is 412 g/mol. The molecule has 1 atom stereocenters. The molecular weight excluding hydrogens is 391 g/mol. The molecule has 1 aliphatic heterocycles. The molecule has 1 aliphatic rings. The molecule has 1 aromatic heterocycles. The molecule has 0 bridgehead atoms. The Labute approximate surface area is 170 Å². The second-order valence-corrected chi connectivity index (χ2v) is 7.24. The third-order valence-electron chi connectivity index (χ3n) is 5.32. The largest absolute Gasteiger partial charge is 0.480 e. The molecule has 9 heteroatoms. The average Bonchev–Trinajstić information content (AvgIpc) is 2.74. The molecule has 0 amide bonds. The Bertz CT molecular complexity index is 1200. The molecule has 1 fully saturated rings. The van der Waals surface area contributed by atoms with Gasteiger partial charge in [0.2, 0.25) is 0 Å². The summed E-state index contributed by atoms with van der Waals surface area (Å²) in [7, 11) is 0. The zero-order valence-electron chi connectivity index (χ0n) is 16.1. The number of nitrogens with one attached hydrogen (secondary N) is 2. The molecule has 2 heterocycles. The maximum Gasteiger partial charge on any atom is 0.329 e. The van der Waals surface area contributed by atoms with E-state index in [2.05, 4.69) is 10.3 Å². The van der Waals surface area contributed by atoms with Gasteiger partial charge in [-0.05, 0) is 17.7 Å². The van der Waals surface area contributed by atoms with Crippen molar-refractivity contribution in [2.45, 2.75) is 12.5 Å². The van der Waals surface area contributed by atoms with E-state index in [0.29, 0.717) is 42.0 Å². The average molecular weight is 412 g/mol. The minimum absolute atomic E-state index is 0.0496. The second kappa shape index (κ2) is 8.11. The standard InChI is InChI=1S/C21H21FN4O4/c22-15-11-14-16(12-17(15)25-8-6-23-7-9-25)24-21(30)26(19(14)27)18(20(28)29)10-13-4-2-1-3-5-13/h1-5,11-12,18,23H,6-10H2,(H,24,30)(H,28,29)/t18-/m0/s1. The summed E-state index contributed by atoms with van der Waals surface area (Å²) in [5, 5.41) is 12.8. The Kier molecular flexibility index (Phi) is 5.37. The first-order valence-corrected chi connectivity index (χ1v) is 9.66. The van der Waals surface area contributed by atoms with E-state index >= 15 is 0 Å². The second-order valence-electron chi connectivity index (χ2n) is 7.24. The van der Waals surface area contributed by atoms with Gasteiger partial charge in [0.1, 0.15) is 11.9 Å². The summed E-state index contributed by atoms with van der Waals surface area (Å²) in [5.41, 5.74) is -0.524. The van der Waals surface area contributed by atoms with Crippen molar-refractivity contribution >= 4 is 22.6 Å². The summed E-state index contributed by atoms with van der Waals surface area (Å²) in [6, 6.07) is 9.81. The van der Waals surface area contributed by atoms with Gasteiger partial charge in [0.05, 0.1) is 16.6 Å². The fourth-order valence-corrected chi connectivity index (χ4v) is 3.80. The number of anilines is 1. The topological polar surface area (TPSA) is 107 Å². The molecule has 4 rings (SSSR count). The normalized spacial score (nSPS) is 15.3. The van der Waals surface area contributed by atoms with Crippen LogP contribution in [0.15, 0.2) is 52.1 Å². The molecule has 0 radical (unpaired) electrons. The number of carboxylic acid groups (broad SMARTS) is 1. The van der Waals surface area contributed by atoms with Gasteiger partial charge in [-0.3, -0.25) is 4.79 Å². The molecule has 3 N–H and O–H groups in total. The van der Waals surface area contributed by atoms with Gasteiger partial charge < -0.3 is 20.3 Å². The highest BCUT2D eigenvalue weighted by Gasteiger charge is 2.26. The maximum absolute atomic E-state index is 14.8. The van der Waals surface area contributed by atoms with Gasteiger partial charge in [0.25, 0.3) is 5.56 Å². The number of hydrogen-bond donors (Lipinski definition) is 3. The summed E-state index contributed by atoms with van der Waals surface area (Å²) in [4.78, 5) is 42.0. The van der Waals surface area contributed by atoms with Crippen molar-refractivity contribution in [3.63, 3.8) is 0 Å². The molecule has 0 spiro atoms. The van der Waals surface area contributed by atoms with Crippen molar-refractivity contribution in [1.82, 2.24) is 14.9 Å². The van der Waals surface area contributed by atoms with Gasteiger partial charge in [-0.15, -0.1) is 0 Å². The van der Waals surface area contributed by atoms with E-state index in [1.54, 1.807) is 30.3 Å². The van der Waals surface area contributed by atoms with E-state index in [4.69, 9.17) is 0 Å². The maximum atomic E-state index is 14.8. The molecule has 156 valence electrons. The predicted octanol–water partition coefficient (Wildman–Crippen LogP) is 1.11. The number of hydrogen-bond acceptors (Lipinski definition) is 5. The minimum Gasteiger partial charge on any atom is -0.480 e. The lowest BCUT2D eigenvalue weighted by atomic mass is 10.1. The SMILES string of the molecule is O=C(O)[C@H](Cc1ccccc1)n1c(=O)[nH]c2cc(N3CCNCC3)c(F)cc2c1=O. The number of halogens is 1. The summed E-state index contributed by atoms with van der Waals surface area (Å²) >= 11 is 0. The van der Waals surface area contributed by atoms with Crippen LogP contribution in [-0.4, -0.2) is 46.8 Å². The van der Waals surface area contributed by atoms with Crippen LogP contribution in [0.5, 0.6) is 0 Å². The van der Waals surface area contributed by atoms with Crippen molar-refractivity contribution in [1.29, 1.82) is 0 Å². The number of aliphatic carboxylic acids is 1. The van der Waals surface area contributed by atoms with E-state index in [-0.39, 0.29) is 17.3 Å². The Balaban J connectivity index is 1.82. The number of nitrogens with zero attached hydrogens (tertiary/aromatic N) is 2. The lowest BCUT2D eigenvalue weighted by Crippen LogP contribution is -2.44. The van der Waals surface area contributed by atoms with E-state index in [1.807, 2.05) is 4.90 Å². The van der Waals surface area contributed by atoms with Gasteiger partial charge >= 0.3 is 11.7 Å². The number of aromatic amines is 1. The Morgan fingerprint density at radius 3 is 2.50 bits per heavy atom. The number of aromatic nitrogens is 2. The number of carbonyl (C=O) groups is 1. The molecule has 0 aliphatic carbocycles. The Morgan fingerprint density at radius 1 is 1.13 bits per heavy atom. The van der Waals surface area contributed by atoms with Crippen molar-refractivity contribution in [2.75, 3.05) is 31.1 Å². The Hall–Kier alpha value is -3.46. The van der Waals surface area contributed by atoms with Crippen LogP contribution in [0.4, 0.5) is 10.1 Å². The molecule has 3 aromatic rings. The first-order chi connectivity index (χ1) is 14.5. The van der Waals surface area contributed by atoms with Crippen LogP contribution in [0.3, 0.4) is 0 Å². The number of fused-ring (bicyclic) bond motifs is 1. The number of piperazine rings is 1. The van der Waals surface area contributed by atoms with Gasteiger partial charge in [0, 0.05) is 32.6 Å². The first kappa shape index (κ1) is 19.8. The summed E-state index contributed by atoms with van der Waals surface area (Å²) in [5.74, 6) is -1.90. The number of H-pyrrole nitrogens is 1. The molecule has 1 saturated heterocycles. The predicted molar refractivity (Wildman–Crippen MR) is 111 cm³/mol. The summed E-state index contributed by atoms with van der Waals surface area (Å²) < 4.78 is 15.5. The van der Waals surface area contributed by atoms with Crippen LogP contribution in [0.25, 0.3) is 10.9 Å². The van der Waals surface area contributed by atoms with Crippen LogP contribution in [0.2, 0.25) is 0 Å². The highest BCUT2D eigenvalue weighted by molar-refractivity contribution is 5.82. The van der Waals surface area contributed by atoms with Crippen LogP contribution in [-0.2, 0) is 11.2 Å². The quantitative estimate of drug-likeness (QED) is 0.580. The van der Waals surface area contributed by atoms with Gasteiger partial charge in [-0.25, -0.2) is 18.5 Å². The van der Waals surface area contributed by atoms with E-state index in [0.717, 1.165) is 6.07 Å². The number of rotatable bonds is 5. The fourth-order valence-electron chi connectivity index (χ4n) is 3.80. The molecule has 0 saturated carbocycles. The minimum atomic E-state index is -1.41.